The van der Waals surface area contributed by atoms with Crippen molar-refractivity contribution >= 4 is 20.6 Å². The summed E-state index contributed by atoms with van der Waals surface area (Å²) in [6, 6.07) is 23.6. The second kappa shape index (κ2) is 9.74. The molecule has 4 aromatic rings. The predicted octanol–water partition coefficient (Wildman–Crippen LogP) is 6.67. The zero-order valence-corrected chi connectivity index (χ0v) is 23.0. The van der Waals surface area contributed by atoms with Gasteiger partial charge in [-0.25, -0.2) is 0 Å². The molecule has 0 unspecified atom stereocenters. The van der Waals surface area contributed by atoms with E-state index in [1.807, 2.05) is 54.6 Å². The number of carbonyl (C=O) groups is 2. The van der Waals surface area contributed by atoms with Gasteiger partial charge in [0, 0.05) is 0 Å². The molecule has 0 radical (unpaired) electrons. The summed E-state index contributed by atoms with van der Waals surface area (Å²) in [5.74, 6) is -2.56. The van der Waals surface area contributed by atoms with E-state index in [4.69, 9.17) is 6.64 Å². The van der Waals surface area contributed by atoms with Gasteiger partial charge in [-0.2, -0.15) is 0 Å². The van der Waals surface area contributed by atoms with Gasteiger partial charge in [-0.3, -0.25) is 0 Å². The average Bonchev–Trinajstić information content (AvgIpc) is 3.63. The van der Waals surface area contributed by atoms with E-state index in [2.05, 4.69) is 4.82 Å². The Bertz CT molecular complexity index is 1740. The molecule has 4 aromatic carbocycles. The molecule has 2 aliphatic rings. The van der Waals surface area contributed by atoms with E-state index in [1.165, 1.54) is 48.5 Å². The van der Waals surface area contributed by atoms with Crippen molar-refractivity contribution in [3.63, 3.8) is 0 Å². The molecule has 0 bridgehead atoms. The van der Waals surface area contributed by atoms with Gasteiger partial charge in [0.25, 0.3) is 0 Å². The molecule has 0 saturated carbocycles. The van der Waals surface area contributed by atoms with Gasteiger partial charge in [0.15, 0.2) is 0 Å². The molecule has 0 heterocycles. The number of benzene rings is 4. The summed E-state index contributed by atoms with van der Waals surface area (Å²) in [4.78, 5) is 32.1. The predicted molar refractivity (Wildman–Crippen MR) is 147 cm³/mol. The van der Waals surface area contributed by atoms with Crippen molar-refractivity contribution < 1.29 is 40.6 Å². The van der Waals surface area contributed by atoms with Crippen LogP contribution in [0.5, 0.6) is 0 Å². The van der Waals surface area contributed by atoms with Crippen LogP contribution in [0.2, 0.25) is 0 Å². The summed E-state index contributed by atoms with van der Waals surface area (Å²) in [6.07, 6.45) is 6.41. The normalized spacial score (nSPS) is 13.8. The van der Waals surface area contributed by atoms with Gasteiger partial charge in [0.05, 0.1) is 0 Å². The molecule has 0 atom stereocenters. The number of halogens is 2. The molecule has 0 N–H and O–H groups in total. The summed E-state index contributed by atoms with van der Waals surface area (Å²) in [6.45, 7) is 0. The first-order valence-corrected chi connectivity index (χ1v) is 16.8. The minimum atomic E-state index is -5.81. The average molecular weight is 570 g/mol. The number of fused-ring (bicyclic) bond motifs is 3. The minimum absolute atomic E-state index is 0.0980. The Hall–Kier alpha value is -4.26. The third-order valence-electron chi connectivity index (χ3n) is 7.59. The summed E-state index contributed by atoms with van der Waals surface area (Å²) in [5, 5.41) is 0. The standard InChI is InChI=1S/C13H9.2C7H5FO2.C5H5.CH2.Ti/c1-3-7-12-10(5-1)9-11-6-2-4-8-13(11)12;2*8-6-3-1-5(2-4-6)7(9)10;1-2-4-5-3-1;;/h1-5,7-8H,9H2;2*1-4H,(H,9,10);1-3H,4H2;1H2;/q;;;;;+2/p-2. The van der Waals surface area contributed by atoms with Gasteiger partial charge in [0.1, 0.15) is 0 Å². The first-order valence-electron chi connectivity index (χ1n) is 12.8. The molecule has 4 nitrogen and oxygen atoms in total. The molecule has 2 aliphatic carbocycles. The van der Waals surface area contributed by atoms with Crippen LogP contribution in [0.25, 0.3) is 11.1 Å². The van der Waals surface area contributed by atoms with Crippen LogP contribution in [0.1, 0.15) is 38.3 Å². The zero-order chi connectivity index (χ0) is 27.9. The van der Waals surface area contributed by atoms with Crippen LogP contribution < -0.4 is 3.87 Å². The van der Waals surface area contributed by atoms with E-state index in [1.54, 1.807) is 6.08 Å². The molecule has 0 fully saturated rings. The SMILES string of the molecule is [CH2]=[Ti]([O]C(=O)c1ccc(F)cc1)([O]C(=O)c1ccc(F)cc1)([C]1=CC=CC1)[c]1cccc2c1Cc1ccccc1-2. The Kier molecular flexibility index (Phi) is 6.33. The van der Waals surface area contributed by atoms with Crippen molar-refractivity contribution in [1.29, 1.82) is 0 Å². The molecular weight excluding hydrogens is 546 g/mol. The Morgan fingerprint density at radius 3 is 1.88 bits per heavy atom. The third kappa shape index (κ3) is 4.30. The fourth-order valence-corrected chi connectivity index (χ4v) is 12.0. The second-order valence-corrected chi connectivity index (χ2v) is 16.5. The molecule has 0 aliphatic heterocycles. The fourth-order valence-electron chi connectivity index (χ4n) is 5.57. The Labute approximate surface area is 231 Å². The van der Waals surface area contributed by atoms with Crippen LogP contribution in [0.15, 0.2) is 113 Å². The molecular formula is C33H24F2O4Ti. The fraction of sp³-hybridized carbons (Fsp3) is 0.0606. The Morgan fingerprint density at radius 2 is 1.30 bits per heavy atom. The van der Waals surface area contributed by atoms with Crippen LogP contribution in [-0.2, 0) is 28.7 Å². The molecule has 0 saturated heterocycles. The number of hydrogen-bond donors (Lipinski definition) is 0. The summed E-state index contributed by atoms with van der Waals surface area (Å²) >= 11 is -5.81. The number of allylic oxidation sites excluding steroid dienone is 4. The maximum atomic E-state index is 13.8. The van der Waals surface area contributed by atoms with Crippen LogP contribution in [0.4, 0.5) is 8.78 Å². The van der Waals surface area contributed by atoms with E-state index in [0.29, 0.717) is 20.6 Å². The topological polar surface area (TPSA) is 52.6 Å². The van der Waals surface area contributed by atoms with Crippen LogP contribution in [0, 0.1) is 11.6 Å². The van der Waals surface area contributed by atoms with Crippen LogP contribution in [0.3, 0.4) is 0 Å². The molecule has 0 amide bonds. The van der Waals surface area contributed by atoms with Crippen molar-refractivity contribution in [3.8, 4) is 11.1 Å². The molecule has 40 heavy (non-hydrogen) atoms. The van der Waals surface area contributed by atoms with Gasteiger partial charge in [-0.1, -0.05) is 0 Å². The quantitative estimate of drug-likeness (QED) is 0.214. The number of carbonyl (C=O) groups excluding carboxylic acids is 2. The van der Waals surface area contributed by atoms with Crippen LogP contribution in [-0.4, -0.2) is 16.8 Å². The number of hydrogen-bond acceptors (Lipinski definition) is 4. The van der Waals surface area contributed by atoms with Crippen molar-refractivity contribution in [2.24, 2.45) is 0 Å². The van der Waals surface area contributed by atoms with Crippen molar-refractivity contribution in [2.45, 2.75) is 12.8 Å². The van der Waals surface area contributed by atoms with Gasteiger partial charge < -0.3 is 0 Å². The molecule has 6 rings (SSSR count). The summed E-state index contributed by atoms with van der Waals surface area (Å²) in [5.41, 5.74) is 4.17. The van der Waals surface area contributed by atoms with Gasteiger partial charge in [0.2, 0.25) is 0 Å². The van der Waals surface area contributed by atoms with Gasteiger partial charge in [-0.15, -0.1) is 0 Å². The molecule has 198 valence electrons. The van der Waals surface area contributed by atoms with Gasteiger partial charge >= 0.3 is 232 Å². The molecule has 0 spiro atoms. The van der Waals surface area contributed by atoms with E-state index in [9.17, 15) is 18.4 Å². The van der Waals surface area contributed by atoms with Crippen molar-refractivity contribution in [3.05, 3.63) is 147 Å². The third-order valence-corrected chi connectivity index (χ3v) is 14.6. The van der Waals surface area contributed by atoms with E-state index in [0.717, 1.165) is 22.3 Å². The first-order chi connectivity index (χ1) is 19.3. The van der Waals surface area contributed by atoms with Crippen molar-refractivity contribution in [1.82, 2.24) is 0 Å². The molecule has 7 heteroatoms. The Balaban J connectivity index is 1.58. The summed E-state index contributed by atoms with van der Waals surface area (Å²) in [7, 11) is 0. The monoisotopic (exact) mass is 570 g/mol. The number of rotatable bonds is 6. The van der Waals surface area contributed by atoms with Gasteiger partial charge in [-0.05, 0) is 0 Å². The second-order valence-electron chi connectivity index (χ2n) is 10.0. The molecule has 0 aromatic heterocycles. The van der Waals surface area contributed by atoms with Crippen molar-refractivity contribution in [2.75, 3.05) is 0 Å². The van der Waals surface area contributed by atoms with E-state index >= 15 is 0 Å². The van der Waals surface area contributed by atoms with Crippen LogP contribution >= 0.6 is 0 Å². The zero-order valence-electron chi connectivity index (χ0n) is 21.4. The first kappa shape index (κ1) is 26.0. The maximum absolute atomic E-state index is 13.8. The Morgan fingerprint density at radius 1 is 0.725 bits per heavy atom. The van der Waals surface area contributed by atoms with E-state index in [-0.39, 0.29) is 11.1 Å². The van der Waals surface area contributed by atoms with E-state index < -0.39 is 39.2 Å². The summed E-state index contributed by atoms with van der Waals surface area (Å²) < 4.78 is 41.4.